The van der Waals surface area contributed by atoms with E-state index in [4.69, 9.17) is 5.11 Å². The summed E-state index contributed by atoms with van der Waals surface area (Å²) in [5, 5.41) is 10.7. The van der Waals surface area contributed by atoms with Gasteiger partial charge >= 0.3 is 5.97 Å². The number of hydrogen-bond donors (Lipinski definition) is 1. The molecule has 2 rings (SSSR count). The number of rotatable bonds is 1. The van der Waals surface area contributed by atoms with Crippen molar-refractivity contribution in [2.45, 2.75) is 6.92 Å². The fourth-order valence-corrected chi connectivity index (χ4v) is 1.43. The van der Waals surface area contributed by atoms with Gasteiger partial charge in [-0.05, 0) is 0 Å². The minimum absolute atomic E-state index is 0. The van der Waals surface area contributed by atoms with Gasteiger partial charge in [-0.1, -0.05) is 25.1 Å². The van der Waals surface area contributed by atoms with Gasteiger partial charge in [0, 0.05) is 38.3 Å². The summed E-state index contributed by atoms with van der Waals surface area (Å²) < 4.78 is 0. The number of aromatic carboxylic acids is 1. The first-order valence-electron chi connectivity index (χ1n) is 4.32. The van der Waals surface area contributed by atoms with Crippen LogP contribution in [-0.2, 0) is 32.7 Å². The fourth-order valence-electron chi connectivity index (χ4n) is 1.43. The Balaban J connectivity index is 0.00000112. The first-order chi connectivity index (χ1) is 6.66. The van der Waals surface area contributed by atoms with Crippen LogP contribution in [0.1, 0.15) is 15.9 Å². The number of hydrogen-bond acceptors (Lipinski definition) is 1. The Morgan fingerprint density at radius 1 is 1.27 bits per heavy atom. The summed E-state index contributed by atoms with van der Waals surface area (Å²) in [6, 6.07) is 11.9. The van der Waals surface area contributed by atoms with Crippen LogP contribution in [0.15, 0.2) is 30.3 Å². The third-order valence-corrected chi connectivity index (χ3v) is 2.16. The van der Waals surface area contributed by atoms with Crippen molar-refractivity contribution < 1.29 is 42.6 Å². The molecule has 2 aromatic carbocycles. The smallest absolute Gasteiger partial charge is 0.334 e. The molecule has 0 unspecified atom stereocenters. The van der Waals surface area contributed by atoms with E-state index in [0.717, 1.165) is 16.3 Å². The zero-order valence-corrected chi connectivity index (χ0v) is 11.2. The third-order valence-electron chi connectivity index (χ3n) is 2.16. The van der Waals surface area contributed by atoms with Crippen molar-refractivity contribution >= 4 is 16.7 Å². The molecule has 1 N–H and O–H groups in total. The molecule has 0 amide bonds. The van der Waals surface area contributed by atoms with Crippen LogP contribution in [0.2, 0.25) is 0 Å². The van der Waals surface area contributed by atoms with E-state index in [2.05, 4.69) is 6.07 Å². The van der Waals surface area contributed by atoms with E-state index in [-0.39, 0.29) is 32.7 Å². The Hall–Kier alpha value is -0.726. The van der Waals surface area contributed by atoms with Gasteiger partial charge in [0.1, 0.15) is 0 Å². The number of fused-ring (bicyclic) bond motifs is 1. The zero-order valence-electron chi connectivity index (χ0n) is 8.32. The standard InChI is InChI=1S/C12H9O2.Y/c1-8-2-3-10-7-11(12(13)14)5-4-9(10)6-8;/h3-7H,1H3,(H,13,14);/q-1;. The van der Waals surface area contributed by atoms with E-state index in [1.54, 1.807) is 12.1 Å². The first kappa shape index (κ1) is 12.3. The second kappa shape index (κ2) is 4.87. The summed E-state index contributed by atoms with van der Waals surface area (Å²) in [4.78, 5) is 10.7. The SMILES string of the molecule is Cc1[c-]cc2cc(C(=O)O)ccc2c1.[Y]. The summed E-state index contributed by atoms with van der Waals surface area (Å²) in [5.41, 5.74) is 1.37. The van der Waals surface area contributed by atoms with Crippen LogP contribution < -0.4 is 0 Å². The molecule has 0 saturated carbocycles. The Bertz CT molecular complexity index is 506. The van der Waals surface area contributed by atoms with Crippen molar-refractivity contribution in [2.24, 2.45) is 0 Å². The van der Waals surface area contributed by atoms with E-state index in [1.165, 1.54) is 0 Å². The molecule has 0 atom stereocenters. The van der Waals surface area contributed by atoms with Gasteiger partial charge in [0.05, 0.1) is 0 Å². The van der Waals surface area contributed by atoms with E-state index in [0.29, 0.717) is 5.56 Å². The van der Waals surface area contributed by atoms with Gasteiger partial charge in [0.15, 0.2) is 0 Å². The molecule has 0 heterocycles. The van der Waals surface area contributed by atoms with Gasteiger partial charge in [-0.3, -0.25) is 0 Å². The predicted molar refractivity (Wildman–Crippen MR) is 54.5 cm³/mol. The molecule has 0 fully saturated rings. The van der Waals surface area contributed by atoms with Crippen LogP contribution in [0.5, 0.6) is 0 Å². The van der Waals surface area contributed by atoms with E-state index in [9.17, 15) is 4.79 Å². The quantitative estimate of drug-likeness (QED) is 0.812. The summed E-state index contributed by atoms with van der Waals surface area (Å²) >= 11 is 0. The van der Waals surface area contributed by atoms with Crippen LogP contribution in [-0.4, -0.2) is 11.1 Å². The molecule has 15 heavy (non-hydrogen) atoms. The molecule has 2 aromatic rings. The average molecular weight is 274 g/mol. The van der Waals surface area contributed by atoms with Crippen molar-refractivity contribution in [1.82, 2.24) is 0 Å². The first-order valence-corrected chi connectivity index (χ1v) is 4.32. The maximum Gasteiger partial charge on any atom is 0.334 e. The van der Waals surface area contributed by atoms with E-state index < -0.39 is 5.97 Å². The summed E-state index contributed by atoms with van der Waals surface area (Å²) in [5.74, 6) is -0.896. The van der Waals surface area contributed by atoms with Gasteiger partial charge in [0.2, 0.25) is 0 Å². The minimum atomic E-state index is -0.896. The number of carboxylic acids is 1. The molecular formula is C12H9O2Y-. The second-order valence-electron chi connectivity index (χ2n) is 3.26. The molecule has 0 saturated heterocycles. The molecule has 73 valence electrons. The van der Waals surface area contributed by atoms with Crippen LogP contribution in [0.25, 0.3) is 10.8 Å². The molecule has 0 aromatic heterocycles. The number of carbonyl (C=O) groups is 1. The van der Waals surface area contributed by atoms with Crippen molar-refractivity contribution in [1.29, 1.82) is 0 Å². The molecule has 0 aliphatic carbocycles. The number of aryl methyl sites for hydroxylation is 1. The second-order valence-corrected chi connectivity index (χ2v) is 3.26. The topological polar surface area (TPSA) is 37.3 Å². The van der Waals surface area contributed by atoms with E-state index in [1.807, 2.05) is 25.1 Å². The minimum Gasteiger partial charge on any atom is -0.478 e. The molecule has 2 nitrogen and oxygen atoms in total. The largest absolute Gasteiger partial charge is 0.478 e. The van der Waals surface area contributed by atoms with Crippen LogP contribution in [0.3, 0.4) is 0 Å². The monoisotopic (exact) mass is 274 g/mol. The Morgan fingerprint density at radius 2 is 2.00 bits per heavy atom. The maximum atomic E-state index is 10.7. The van der Waals surface area contributed by atoms with E-state index >= 15 is 0 Å². The molecule has 3 heteroatoms. The van der Waals surface area contributed by atoms with Crippen molar-refractivity contribution in [3.63, 3.8) is 0 Å². The predicted octanol–water partition coefficient (Wildman–Crippen LogP) is 2.64. The van der Waals surface area contributed by atoms with Crippen molar-refractivity contribution in [3.05, 3.63) is 47.5 Å². The zero-order chi connectivity index (χ0) is 10.1. The number of carboxylic acid groups (broad SMARTS) is 1. The van der Waals surface area contributed by atoms with Gasteiger partial charge in [-0.15, -0.1) is 10.8 Å². The van der Waals surface area contributed by atoms with Crippen LogP contribution in [0.4, 0.5) is 0 Å². The normalized spacial score (nSPS) is 9.67. The summed E-state index contributed by atoms with van der Waals surface area (Å²) in [6.45, 7) is 1.96. The van der Waals surface area contributed by atoms with Gasteiger partial charge in [-0.25, -0.2) is 4.79 Å². The molecule has 0 bridgehead atoms. The van der Waals surface area contributed by atoms with Gasteiger partial charge in [-0.2, -0.15) is 23.8 Å². The maximum absolute atomic E-state index is 10.7. The van der Waals surface area contributed by atoms with Crippen molar-refractivity contribution in [3.8, 4) is 0 Å². The Kier molecular flexibility index (Phi) is 4.00. The number of benzene rings is 2. The molecule has 0 aliphatic heterocycles. The third kappa shape index (κ3) is 2.64. The summed E-state index contributed by atoms with van der Waals surface area (Å²) in [6.07, 6.45) is 0. The average Bonchev–Trinajstić information content (AvgIpc) is 2.16. The molecular weight excluding hydrogens is 265 g/mol. The van der Waals surface area contributed by atoms with Gasteiger partial charge < -0.3 is 5.11 Å². The fraction of sp³-hybridized carbons (Fsp3) is 0.0833. The van der Waals surface area contributed by atoms with Crippen molar-refractivity contribution in [2.75, 3.05) is 0 Å². The molecule has 0 aliphatic rings. The van der Waals surface area contributed by atoms with Crippen LogP contribution >= 0.6 is 0 Å². The molecule has 0 spiro atoms. The molecule has 1 radical (unpaired) electrons. The van der Waals surface area contributed by atoms with Gasteiger partial charge in [0.25, 0.3) is 0 Å². The summed E-state index contributed by atoms with van der Waals surface area (Å²) in [7, 11) is 0. The Labute approximate surface area is 113 Å². The Morgan fingerprint density at radius 3 is 2.67 bits per heavy atom. The van der Waals surface area contributed by atoms with Crippen LogP contribution in [0, 0.1) is 13.0 Å².